The molecule has 0 spiro atoms. The summed E-state index contributed by atoms with van der Waals surface area (Å²) in [4.78, 5) is 6.76. The van der Waals surface area contributed by atoms with Crippen LogP contribution in [0.15, 0.2) is 54.2 Å². The van der Waals surface area contributed by atoms with Gasteiger partial charge in [0, 0.05) is 36.4 Å². The van der Waals surface area contributed by atoms with Crippen LogP contribution in [0.1, 0.15) is 16.8 Å². The molecule has 0 radical (unpaired) electrons. The summed E-state index contributed by atoms with van der Waals surface area (Å²) in [7, 11) is 1.67. The molecule has 0 saturated carbocycles. The van der Waals surface area contributed by atoms with Crippen molar-refractivity contribution < 1.29 is 9.47 Å². The maximum atomic E-state index is 6.03. The number of rotatable bonds is 5. The summed E-state index contributed by atoms with van der Waals surface area (Å²) < 4.78 is 13.1. The van der Waals surface area contributed by atoms with Crippen molar-refractivity contribution in [2.75, 3.05) is 26.8 Å². The number of benzene rings is 1. The van der Waals surface area contributed by atoms with Crippen LogP contribution in [0, 0.1) is 0 Å². The quantitative estimate of drug-likeness (QED) is 0.505. The topological polar surface area (TPSA) is 64.8 Å². The standard InChI is InChI=1S/C21H21N5O2S/c1-27-17-5-2-15(3-6-17)16-4-7-18-21(23-24-26(18)12-16)19-13-25(9-10-28-19)14-20-22-8-11-29-20/h2-8,11-12,19H,9-10,13-14H2,1H3/t19-/m1/s1. The van der Waals surface area contributed by atoms with Gasteiger partial charge >= 0.3 is 0 Å². The zero-order chi connectivity index (χ0) is 19.6. The van der Waals surface area contributed by atoms with Gasteiger partial charge < -0.3 is 9.47 Å². The van der Waals surface area contributed by atoms with Crippen molar-refractivity contribution in [3.05, 3.63) is 64.9 Å². The van der Waals surface area contributed by atoms with Crippen molar-refractivity contribution in [3.8, 4) is 16.9 Å². The molecular formula is C21H21N5O2S. The van der Waals surface area contributed by atoms with E-state index in [0.29, 0.717) is 6.61 Å². The van der Waals surface area contributed by atoms with Gasteiger partial charge in [0.05, 0.1) is 25.8 Å². The molecule has 1 saturated heterocycles. The first kappa shape index (κ1) is 18.2. The summed E-state index contributed by atoms with van der Waals surface area (Å²) in [5, 5.41) is 11.9. The number of pyridine rings is 1. The van der Waals surface area contributed by atoms with Crippen LogP contribution in [0.2, 0.25) is 0 Å². The first-order chi connectivity index (χ1) is 14.3. The third kappa shape index (κ3) is 3.74. The minimum absolute atomic E-state index is 0.0898. The van der Waals surface area contributed by atoms with Gasteiger partial charge in [0.15, 0.2) is 0 Å². The van der Waals surface area contributed by atoms with Crippen molar-refractivity contribution in [1.82, 2.24) is 24.7 Å². The van der Waals surface area contributed by atoms with E-state index in [4.69, 9.17) is 9.47 Å². The van der Waals surface area contributed by atoms with Crippen molar-refractivity contribution >= 4 is 16.9 Å². The Kier molecular flexibility index (Phi) is 4.97. The van der Waals surface area contributed by atoms with Crippen molar-refractivity contribution in [2.24, 2.45) is 0 Å². The van der Waals surface area contributed by atoms with Crippen molar-refractivity contribution in [3.63, 3.8) is 0 Å². The number of fused-ring (bicyclic) bond motifs is 1. The van der Waals surface area contributed by atoms with E-state index >= 15 is 0 Å². The average molecular weight is 407 g/mol. The summed E-state index contributed by atoms with van der Waals surface area (Å²) >= 11 is 1.69. The number of aromatic nitrogens is 4. The highest BCUT2D eigenvalue weighted by Gasteiger charge is 2.26. The zero-order valence-electron chi connectivity index (χ0n) is 16.1. The van der Waals surface area contributed by atoms with Crippen LogP contribution in [-0.2, 0) is 11.3 Å². The Morgan fingerprint density at radius 3 is 2.83 bits per heavy atom. The average Bonchev–Trinajstić information content (AvgIpc) is 3.43. The summed E-state index contributed by atoms with van der Waals surface area (Å²) in [6.07, 6.45) is 3.77. The van der Waals surface area contributed by atoms with Crippen molar-refractivity contribution in [1.29, 1.82) is 0 Å². The normalized spacial score (nSPS) is 17.6. The van der Waals surface area contributed by atoms with Gasteiger partial charge in [-0.3, -0.25) is 4.90 Å². The SMILES string of the molecule is COc1ccc(-c2ccc3c([C@H]4CN(Cc5nccs5)CCO4)nnn3c2)cc1. The highest BCUT2D eigenvalue weighted by Crippen LogP contribution is 2.28. The second-order valence-electron chi connectivity index (χ2n) is 6.97. The van der Waals surface area contributed by atoms with Crippen LogP contribution in [0.25, 0.3) is 16.6 Å². The maximum Gasteiger partial charge on any atom is 0.121 e. The van der Waals surface area contributed by atoms with Crippen LogP contribution in [0.4, 0.5) is 0 Å². The molecule has 1 aliphatic rings. The van der Waals surface area contributed by atoms with E-state index in [0.717, 1.165) is 52.7 Å². The molecule has 0 unspecified atom stereocenters. The van der Waals surface area contributed by atoms with E-state index in [-0.39, 0.29) is 6.10 Å². The van der Waals surface area contributed by atoms with Gasteiger partial charge in [0.2, 0.25) is 0 Å². The number of hydrogen-bond donors (Lipinski definition) is 0. The van der Waals surface area contributed by atoms with Crippen LogP contribution in [0.3, 0.4) is 0 Å². The van der Waals surface area contributed by atoms with Gasteiger partial charge in [-0.05, 0) is 23.8 Å². The number of hydrogen-bond acceptors (Lipinski definition) is 7. The molecule has 4 heterocycles. The smallest absolute Gasteiger partial charge is 0.121 e. The Morgan fingerprint density at radius 2 is 2.03 bits per heavy atom. The molecule has 29 heavy (non-hydrogen) atoms. The molecule has 1 aromatic carbocycles. The predicted octanol–water partition coefficient (Wildman–Crippen LogP) is 3.43. The Hall–Kier alpha value is -2.81. The van der Waals surface area contributed by atoms with Crippen LogP contribution in [-0.4, -0.2) is 51.5 Å². The Bertz CT molecular complexity index is 1090. The lowest BCUT2D eigenvalue weighted by Crippen LogP contribution is -2.38. The van der Waals surface area contributed by atoms with E-state index in [1.54, 1.807) is 18.4 Å². The number of thiazole rings is 1. The van der Waals surface area contributed by atoms with E-state index in [2.05, 4.69) is 32.3 Å². The number of ether oxygens (including phenoxy) is 2. The van der Waals surface area contributed by atoms with Gasteiger partial charge in [-0.2, -0.15) is 0 Å². The summed E-state index contributed by atoms with van der Waals surface area (Å²) in [5.41, 5.74) is 4.04. The first-order valence-electron chi connectivity index (χ1n) is 9.52. The van der Waals surface area contributed by atoms with E-state index in [1.807, 2.05) is 46.6 Å². The molecule has 1 atom stereocenters. The second-order valence-corrected chi connectivity index (χ2v) is 7.95. The van der Waals surface area contributed by atoms with Gasteiger partial charge in [-0.15, -0.1) is 16.4 Å². The monoisotopic (exact) mass is 407 g/mol. The van der Waals surface area contributed by atoms with Crippen LogP contribution < -0.4 is 4.74 Å². The highest BCUT2D eigenvalue weighted by atomic mass is 32.1. The predicted molar refractivity (Wildman–Crippen MR) is 111 cm³/mol. The fourth-order valence-electron chi connectivity index (χ4n) is 3.63. The second kappa shape index (κ2) is 7.90. The van der Waals surface area contributed by atoms with E-state index in [1.165, 1.54) is 0 Å². The van der Waals surface area contributed by atoms with Gasteiger partial charge in [-0.25, -0.2) is 9.50 Å². The summed E-state index contributed by atoms with van der Waals surface area (Å²) in [6.45, 7) is 3.21. The van der Waals surface area contributed by atoms with Crippen molar-refractivity contribution in [2.45, 2.75) is 12.6 Å². The molecule has 3 aromatic heterocycles. The molecule has 0 amide bonds. The zero-order valence-corrected chi connectivity index (χ0v) is 16.9. The van der Waals surface area contributed by atoms with Crippen LogP contribution in [0.5, 0.6) is 5.75 Å². The number of nitrogens with zero attached hydrogens (tertiary/aromatic N) is 5. The first-order valence-corrected chi connectivity index (χ1v) is 10.4. The fourth-order valence-corrected chi connectivity index (χ4v) is 4.29. The Morgan fingerprint density at radius 1 is 1.17 bits per heavy atom. The highest BCUT2D eigenvalue weighted by molar-refractivity contribution is 7.09. The molecule has 8 heteroatoms. The molecule has 4 aromatic rings. The number of methoxy groups -OCH3 is 1. The van der Waals surface area contributed by atoms with Gasteiger partial charge in [0.25, 0.3) is 0 Å². The third-order valence-corrected chi connectivity index (χ3v) is 5.93. The van der Waals surface area contributed by atoms with E-state index in [9.17, 15) is 0 Å². The molecule has 0 N–H and O–H groups in total. The lowest BCUT2D eigenvalue weighted by Gasteiger charge is -2.31. The largest absolute Gasteiger partial charge is 0.497 e. The van der Waals surface area contributed by atoms with Gasteiger partial charge in [0.1, 0.15) is 22.6 Å². The molecule has 1 aliphatic heterocycles. The molecular weight excluding hydrogens is 386 g/mol. The Balaban J connectivity index is 1.37. The lowest BCUT2D eigenvalue weighted by molar-refractivity contribution is -0.0343. The van der Waals surface area contributed by atoms with Crippen LogP contribution >= 0.6 is 11.3 Å². The molecule has 0 bridgehead atoms. The summed E-state index contributed by atoms with van der Waals surface area (Å²) in [5.74, 6) is 0.842. The van der Waals surface area contributed by atoms with Gasteiger partial charge in [-0.1, -0.05) is 23.4 Å². The molecule has 0 aliphatic carbocycles. The lowest BCUT2D eigenvalue weighted by atomic mass is 10.1. The third-order valence-electron chi connectivity index (χ3n) is 5.16. The molecule has 7 nitrogen and oxygen atoms in total. The Labute approximate surface area is 172 Å². The maximum absolute atomic E-state index is 6.03. The fraction of sp³-hybridized carbons (Fsp3) is 0.286. The minimum atomic E-state index is -0.0898. The van der Waals surface area contributed by atoms with E-state index < -0.39 is 0 Å². The summed E-state index contributed by atoms with van der Waals surface area (Å²) in [6, 6.07) is 12.2. The molecule has 148 valence electrons. The number of morpholine rings is 1. The molecule has 5 rings (SSSR count). The molecule has 1 fully saturated rings. The minimum Gasteiger partial charge on any atom is -0.497 e.